The first kappa shape index (κ1) is 9.85. The number of nitrogens with two attached hydrogens (primary N) is 1. The Labute approximate surface area is 79.0 Å². The molecule has 1 aromatic rings. The average Bonchev–Trinajstić information content (AvgIpc) is 2.07. The molecular weight excluding hydrogens is 188 g/mol. The van der Waals surface area contributed by atoms with Gasteiger partial charge in [-0.2, -0.15) is 0 Å². The maximum absolute atomic E-state index is 10.6. The normalized spacial score (nSPS) is 9.43. The Morgan fingerprint density at radius 2 is 2.00 bits per heavy atom. The van der Waals surface area contributed by atoms with Gasteiger partial charge in [0, 0.05) is 5.69 Å². The summed E-state index contributed by atoms with van der Waals surface area (Å²) in [5.74, 6) is -1.65. The second-order valence-corrected chi connectivity index (χ2v) is 2.53. The summed E-state index contributed by atoms with van der Waals surface area (Å²) < 4.78 is 0. The van der Waals surface area contributed by atoms with Gasteiger partial charge in [-0.1, -0.05) is 0 Å². The molecule has 6 heteroatoms. The van der Waals surface area contributed by atoms with Crippen LogP contribution in [-0.4, -0.2) is 22.2 Å². The number of hydrogen-bond acceptors (Lipinski definition) is 3. The van der Waals surface area contributed by atoms with Crippen molar-refractivity contribution in [1.29, 1.82) is 0 Å². The molecule has 0 aliphatic rings. The van der Waals surface area contributed by atoms with Crippen molar-refractivity contribution < 1.29 is 19.8 Å². The Morgan fingerprint density at radius 1 is 1.36 bits per heavy atom. The van der Waals surface area contributed by atoms with Crippen LogP contribution >= 0.6 is 0 Å². The Morgan fingerprint density at radius 3 is 2.50 bits per heavy atom. The number of carboxylic acids is 1. The third-order valence-corrected chi connectivity index (χ3v) is 1.49. The van der Waals surface area contributed by atoms with E-state index in [4.69, 9.17) is 15.9 Å². The number of urea groups is 1. The Bertz CT molecular complexity index is 389. The number of carboxylic acid groups (broad SMARTS) is 1. The van der Waals surface area contributed by atoms with E-state index in [1.807, 2.05) is 0 Å². The van der Waals surface area contributed by atoms with Crippen LogP contribution in [0.4, 0.5) is 10.5 Å². The topological polar surface area (TPSA) is 113 Å². The molecule has 6 nitrogen and oxygen atoms in total. The lowest BCUT2D eigenvalue weighted by Gasteiger charge is -2.04. The van der Waals surface area contributed by atoms with Gasteiger partial charge in [0.05, 0.1) is 0 Å². The lowest BCUT2D eigenvalue weighted by molar-refractivity contribution is 0.0693. The second-order valence-electron chi connectivity index (χ2n) is 2.53. The monoisotopic (exact) mass is 196 g/mol. The van der Waals surface area contributed by atoms with E-state index in [2.05, 4.69) is 5.32 Å². The highest BCUT2D eigenvalue weighted by atomic mass is 16.4. The van der Waals surface area contributed by atoms with Crippen molar-refractivity contribution in [3.63, 3.8) is 0 Å². The van der Waals surface area contributed by atoms with Crippen LogP contribution < -0.4 is 11.1 Å². The molecule has 0 saturated carbocycles. The van der Waals surface area contributed by atoms with Gasteiger partial charge in [-0.15, -0.1) is 0 Å². The number of rotatable bonds is 2. The SMILES string of the molecule is NC(=O)Nc1ccc(O)c(C(=O)O)c1. The molecule has 0 spiro atoms. The molecule has 0 aliphatic heterocycles. The number of phenols is 1. The Kier molecular flexibility index (Phi) is 2.57. The first-order valence-corrected chi connectivity index (χ1v) is 3.63. The molecule has 5 N–H and O–H groups in total. The van der Waals surface area contributed by atoms with Gasteiger partial charge in [-0.25, -0.2) is 9.59 Å². The van der Waals surface area contributed by atoms with Gasteiger partial charge in [0.2, 0.25) is 0 Å². The first-order chi connectivity index (χ1) is 6.50. The van der Waals surface area contributed by atoms with Crippen molar-refractivity contribution in [2.45, 2.75) is 0 Å². The molecule has 0 heterocycles. The fourth-order valence-electron chi connectivity index (χ4n) is 0.927. The van der Waals surface area contributed by atoms with Crippen LogP contribution in [0.1, 0.15) is 10.4 Å². The van der Waals surface area contributed by atoms with Crippen molar-refractivity contribution in [1.82, 2.24) is 0 Å². The fraction of sp³-hybridized carbons (Fsp3) is 0. The minimum absolute atomic E-state index is 0.215. The van der Waals surface area contributed by atoms with Crippen LogP contribution in [0.2, 0.25) is 0 Å². The van der Waals surface area contributed by atoms with E-state index in [0.29, 0.717) is 0 Å². The molecule has 2 amide bonds. The highest BCUT2D eigenvalue weighted by Gasteiger charge is 2.10. The van der Waals surface area contributed by atoms with E-state index in [9.17, 15) is 9.59 Å². The number of amides is 2. The van der Waals surface area contributed by atoms with Crippen molar-refractivity contribution in [3.8, 4) is 5.75 Å². The van der Waals surface area contributed by atoms with Gasteiger partial charge in [0.1, 0.15) is 11.3 Å². The van der Waals surface area contributed by atoms with E-state index >= 15 is 0 Å². The largest absolute Gasteiger partial charge is 0.507 e. The predicted molar refractivity (Wildman–Crippen MR) is 48.3 cm³/mol. The standard InChI is InChI=1S/C8H8N2O4/c9-8(14)10-4-1-2-6(11)5(3-4)7(12)13/h1-3,11H,(H,12,13)(H3,9,10,14). The third kappa shape index (κ3) is 2.13. The van der Waals surface area contributed by atoms with E-state index in [1.165, 1.54) is 6.07 Å². The van der Waals surface area contributed by atoms with Gasteiger partial charge in [0.25, 0.3) is 0 Å². The predicted octanol–water partition coefficient (Wildman–Crippen LogP) is 0.581. The average molecular weight is 196 g/mol. The summed E-state index contributed by atoms with van der Waals surface area (Å²) in [6.07, 6.45) is 0. The minimum Gasteiger partial charge on any atom is -0.507 e. The maximum Gasteiger partial charge on any atom is 0.339 e. The summed E-state index contributed by atoms with van der Waals surface area (Å²) in [5, 5.41) is 19.9. The van der Waals surface area contributed by atoms with Gasteiger partial charge in [0.15, 0.2) is 0 Å². The van der Waals surface area contributed by atoms with Crippen LogP contribution in [0, 0.1) is 0 Å². The smallest absolute Gasteiger partial charge is 0.339 e. The molecule has 0 atom stereocenters. The number of carbonyl (C=O) groups excluding carboxylic acids is 1. The zero-order valence-corrected chi connectivity index (χ0v) is 7.02. The molecule has 14 heavy (non-hydrogen) atoms. The number of anilines is 1. The molecule has 74 valence electrons. The van der Waals surface area contributed by atoms with Crippen LogP contribution in [-0.2, 0) is 0 Å². The number of carbonyl (C=O) groups is 2. The first-order valence-electron chi connectivity index (χ1n) is 3.63. The van der Waals surface area contributed by atoms with Gasteiger partial charge >= 0.3 is 12.0 Å². The lowest BCUT2D eigenvalue weighted by atomic mass is 10.2. The molecule has 0 radical (unpaired) electrons. The second kappa shape index (κ2) is 3.65. The molecule has 1 aromatic carbocycles. The van der Waals surface area contributed by atoms with Crippen LogP contribution in [0.3, 0.4) is 0 Å². The number of aromatic carboxylic acids is 1. The van der Waals surface area contributed by atoms with Crippen molar-refractivity contribution in [2.75, 3.05) is 5.32 Å². The number of benzene rings is 1. The zero-order chi connectivity index (χ0) is 10.7. The van der Waals surface area contributed by atoms with Crippen LogP contribution in [0.5, 0.6) is 5.75 Å². The summed E-state index contributed by atoms with van der Waals surface area (Å²) in [4.78, 5) is 21.0. The summed E-state index contributed by atoms with van der Waals surface area (Å²) in [6.45, 7) is 0. The number of nitrogens with one attached hydrogen (secondary N) is 1. The number of hydrogen-bond donors (Lipinski definition) is 4. The van der Waals surface area contributed by atoms with Crippen LogP contribution in [0.25, 0.3) is 0 Å². The number of primary amides is 1. The highest BCUT2D eigenvalue weighted by molar-refractivity contribution is 5.94. The highest BCUT2D eigenvalue weighted by Crippen LogP contribution is 2.21. The van der Waals surface area contributed by atoms with Crippen molar-refractivity contribution in [3.05, 3.63) is 23.8 Å². The molecule has 0 fully saturated rings. The lowest BCUT2D eigenvalue weighted by Crippen LogP contribution is -2.19. The third-order valence-electron chi connectivity index (χ3n) is 1.49. The van der Waals surface area contributed by atoms with Gasteiger partial charge < -0.3 is 21.3 Å². The molecule has 0 saturated heterocycles. The van der Waals surface area contributed by atoms with Gasteiger partial charge in [-0.3, -0.25) is 0 Å². The maximum atomic E-state index is 10.6. The van der Waals surface area contributed by atoms with Crippen molar-refractivity contribution >= 4 is 17.7 Å². The Hall–Kier alpha value is -2.24. The van der Waals surface area contributed by atoms with E-state index in [0.717, 1.165) is 12.1 Å². The van der Waals surface area contributed by atoms with E-state index < -0.39 is 12.0 Å². The van der Waals surface area contributed by atoms with Crippen LogP contribution in [0.15, 0.2) is 18.2 Å². The molecule has 0 unspecified atom stereocenters. The molecule has 1 rings (SSSR count). The van der Waals surface area contributed by atoms with Gasteiger partial charge in [-0.05, 0) is 18.2 Å². The quantitative estimate of drug-likeness (QED) is 0.518. The Balaban J connectivity index is 3.06. The summed E-state index contributed by atoms with van der Waals surface area (Å²) in [7, 11) is 0. The molecular formula is C8H8N2O4. The fourth-order valence-corrected chi connectivity index (χ4v) is 0.927. The summed E-state index contributed by atoms with van der Waals surface area (Å²) >= 11 is 0. The summed E-state index contributed by atoms with van der Waals surface area (Å²) in [6, 6.07) is 2.82. The molecule has 0 bridgehead atoms. The van der Waals surface area contributed by atoms with E-state index in [-0.39, 0.29) is 17.0 Å². The summed E-state index contributed by atoms with van der Waals surface area (Å²) in [5.41, 5.74) is 4.75. The molecule has 0 aromatic heterocycles. The minimum atomic E-state index is -1.28. The zero-order valence-electron chi connectivity index (χ0n) is 7.02. The molecule has 0 aliphatic carbocycles. The van der Waals surface area contributed by atoms with E-state index in [1.54, 1.807) is 0 Å². The van der Waals surface area contributed by atoms with Crippen molar-refractivity contribution in [2.24, 2.45) is 5.73 Å². The number of aromatic hydroxyl groups is 1.